The number of ether oxygens (including phenoxy) is 3. The lowest BCUT2D eigenvalue weighted by Crippen LogP contribution is -2.17. The normalized spacial score (nSPS) is 11.1. The molecule has 5 heteroatoms. The van der Waals surface area contributed by atoms with Crippen LogP contribution in [0, 0.1) is 0 Å². The van der Waals surface area contributed by atoms with E-state index in [-0.39, 0.29) is 0 Å². The van der Waals surface area contributed by atoms with Gasteiger partial charge in [0.15, 0.2) is 0 Å². The quantitative estimate of drug-likeness (QED) is 0.581. The summed E-state index contributed by atoms with van der Waals surface area (Å²) in [7, 11) is 1.67. The van der Waals surface area contributed by atoms with Crippen LogP contribution in [0.5, 0.6) is 0 Å². The van der Waals surface area contributed by atoms with Gasteiger partial charge in [0.05, 0.1) is 33.0 Å². The Balaban J connectivity index is 2.04. The van der Waals surface area contributed by atoms with E-state index in [1.54, 1.807) is 7.11 Å². The fourth-order valence-corrected chi connectivity index (χ4v) is 1.71. The highest BCUT2D eigenvalue weighted by molar-refractivity contribution is 5.06. The topological polar surface area (TPSA) is 44.7 Å². The highest BCUT2D eigenvalue weighted by Crippen LogP contribution is 2.01. The average Bonchev–Trinajstić information content (AvgIpc) is 2.87. The van der Waals surface area contributed by atoms with Gasteiger partial charge in [0.1, 0.15) is 0 Å². The summed E-state index contributed by atoms with van der Waals surface area (Å²) in [6.07, 6.45) is 2.09. The summed E-state index contributed by atoms with van der Waals surface area (Å²) >= 11 is 0. The number of nitrogens with zero attached hydrogens (tertiary/aromatic N) is 1. The Morgan fingerprint density at radius 3 is 2.58 bits per heavy atom. The third kappa shape index (κ3) is 7.32. The van der Waals surface area contributed by atoms with E-state index in [0.29, 0.717) is 33.0 Å². The Kier molecular flexibility index (Phi) is 9.36. The van der Waals surface area contributed by atoms with Crippen LogP contribution in [0.15, 0.2) is 18.3 Å². The second-order valence-electron chi connectivity index (χ2n) is 4.19. The van der Waals surface area contributed by atoms with E-state index in [0.717, 1.165) is 19.6 Å². The van der Waals surface area contributed by atoms with Crippen molar-refractivity contribution in [3.05, 3.63) is 24.0 Å². The molecule has 0 atom stereocenters. The Hall–Kier alpha value is -0.880. The molecule has 0 aliphatic heterocycles. The molecule has 0 saturated carbocycles. The highest BCUT2D eigenvalue weighted by atomic mass is 16.5. The molecule has 0 bridgehead atoms. The van der Waals surface area contributed by atoms with Crippen molar-refractivity contribution in [3.63, 3.8) is 0 Å². The molecule has 0 spiro atoms. The van der Waals surface area contributed by atoms with E-state index in [9.17, 15) is 0 Å². The SMILES string of the molecule is CCNCc1cccn1CCOCCOCCOC. The third-order valence-corrected chi connectivity index (χ3v) is 2.76. The Labute approximate surface area is 115 Å². The Bertz CT molecular complexity index is 315. The molecule has 0 amide bonds. The number of hydrogen-bond donors (Lipinski definition) is 1. The van der Waals surface area contributed by atoms with Crippen LogP contribution in [0.3, 0.4) is 0 Å². The van der Waals surface area contributed by atoms with Crippen molar-refractivity contribution >= 4 is 0 Å². The van der Waals surface area contributed by atoms with Crippen molar-refractivity contribution in [1.29, 1.82) is 0 Å². The van der Waals surface area contributed by atoms with Gasteiger partial charge in [-0.2, -0.15) is 0 Å². The lowest BCUT2D eigenvalue weighted by atomic mass is 10.4. The standard InChI is InChI=1S/C14H26N2O3/c1-3-15-13-14-5-4-6-16(14)7-8-18-11-12-19-10-9-17-2/h4-6,15H,3,7-13H2,1-2H3. The van der Waals surface area contributed by atoms with E-state index in [4.69, 9.17) is 14.2 Å². The molecule has 0 radical (unpaired) electrons. The molecular weight excluding hydrogens is 244 g/mol. The fraction of sp³-hybridized carbons (Fsp3) is 0.714. The Morgan fingerprint density at radius 1 is 1.11 bits per heavy atom. The summed E-state index contributed by atoms with van der Waals surface area (Å²) in [4.78, 5) is 0. The molecule has 0 aliphatic rings. The molecule has 1 heterocycles. The van der Waals surface area contributed by atoms with Crippen LogP contribution in [0.2, 0.25) is 0 Å². The maximum absolute atomic E-state index is 5.54. The molecule has 0 fully saturated rings. The maximum atomic E-state index is 5.54. The minimum atomic E-state index is 0.624. The number of hydrogen-bond acceptors (Lipinski definition) is 4. The smallest absolute Gasteiger partial charge is 0.0701 e. The van der Waals surface area contributed by atoms with Gasteiger partial charge in [0.25, 0.3) is 0 Å². The molecule has 110 valence electrons. The summed E-state index contributed by atoms with van der Waals surface area (Å²) in [5.74, 6) is 0. The highest BCUT2D eigenvalue weighted by Gasteiger charge is 1.99. The zero-order valence-electron chi connectivity index (χ0n) is 12.1. The molecule has 1 aromatic rings. The lowest BCUT2D eigenvalue weighted by Gasteiger charge is -2.10. The monoisotopic (exact) mass is 270 g/mol. The molecule has 0 aliphatic carbocycles. The van der Waals surface area contributed by atoms with Gasteiger partial charge >= 0.3 is 0 Å². The average molecular weight is 270 g/mol. The fourth-order valence-electron chi connectivity index (χ4n) is 1.71. The molecule has 0 unspecified atom stereocenters. The van der Waals surface area contributed by atoms with Gasteiger partial charge < -0.3 is 24.1 Å². The summed E-state index contributed by atoms with van der Waals surface area (Å²) in [5, 5.41) is 3.33. The maximum Gasteiger partial charge on any atom is 0.0701 e. The van der Waals surface area contributed by atoms with Crippen LogP contribution in [-0.2, 0) is 27.3 Å². The summed E-state index contributed by atoms with van der Waals surface area (Å²) in [6, 6.07) is 4.21. The van der Waals surface area contributed by atoms with Gasteiger partial charge in [0.2, 0.25) is 0 Å². The van der Waals surface area contributed by atoms with Gasteiger partial charge in [-0.1, -0.05) is 6.92 Å². The second-order valence-corrected chi connectivity index (χ2v) is 4.19. The number of rotatable bonds is 12. The van der Waals surface area contributed by atoms with Gasteiger partial charge in [0, 0.05) is 32.1 Å². The van der Waals surface area contributed by atoms with Gasteiger partial charge in [-0.15, -0.1) is 0 Å². The van der Waals surface area contributed by atoms with Crippen LogP contribution < -0.4 is 5.32 Å². The largest absolute Gasteiger partial charge is 0.382 e. The molecule has 0 saturated heterocycles. The zero-order valence-corrected chi connectivity index (χ0v) is 12.1. The minimum Gasteiger partial charge on any atom is -0.382 e. The van der Waals surface area contributed by atoms with Gasteiger partial charge in [-0.3, -0.25) is 0 Å². The molecular formula is C14H26N2O3. The molecule has 1 rings (SSSR count). The minimum absolute atomic E-state index is 0.624. The number of nitrogens with one attached hydrogen (secondary N) is 1. The van der Waals surface area contributed by atoms with E-state index >= 15 is 0 Å². The molecule has 0 aromatic carbocycles. The first-order valence-corrected chi connectivity index (χ1v) is 6.87. The van der Waals surface area contributed by atoms with Gasteiger partial charge in [-0.25, -0.2) is 0 Å². The number of methoxy groups -OCH3 is 1. The molecule has 1 N–H and O–H groups in total. The zero-order chi connectivity index (χ0) is 13.8. The van der Waals surface area contributed by atoms with Crippen LogP contribution in [0.25, 0.3) is 0 Å². The van der Waals surface area contributed by atoms with Crippen LogP contribution in [0.1, 0.15) is 12.6 Å². The van der Waals surface area contributed by atoms with Crippen molar-refractivity contribution in [2.24, 2.45) is 0 Å². The van der Waals surface area contributed by atoms with Crippen molar-refractivity contribution in [3.8, 4) is 0 Å². The van der Waals surface area contributed by atoms with Crippen LogP contribution >= 0.6 is 0 Å². The Morgan fingerprint density at radius 2 is 1.84 bits per heavy atom. The first kappa shape index (κ1) is 16.2. The second kappa shape index (κ2) is 11.0. The summed E-state index contributed by atoms with van der Waals surface area (Å²) in [5.41, 5.74) is 1.29. The van der Waals surface area contributed by atoms with Crippen LogP contribution in [-0.4, -0.2) is 51.3 Å². The van der Waals surface area contributed by atoms with Crippen molar-refractivity contribution in [2.75, 3.05) is 46.7 Å². The first-order valence-electron chi connectivity index (χ1n) is 6.87. The molecule has 1 aromatic heterocycles. The molecule has 5 nitrogen and oxygen atoms in total. The van der Waals surface area contributed by atoms with Crippen molar-refractivity contribution in [1.82, 2.24) is 9.88 Å². The van der Waals surface area contributed by atoms with Gasteiger partial charge in [-0.05, 0) is 18.7 Å². The van der Waals surface area contributed by atoms with Crippen molar-refractivity contribution in [2.45, 2.75) is 20.0 Å². The summed E-state index contributed by atoms with van der Waals surface area (Å²) < 4.78 is 18.0. The summed E-state index contributed by atoms with van der Waals surface area (Å²) in [6.45, 7) is 8.12. The van der Waals surface area contributed by atoms with Crippen LogP contribution in [0.4, 0.5) is 0 Å². The lowest BCUT2D eigenvalue weighted by molar-refractivity contribution is 0.0229. The predicted octanol–water partition coefficient (Wildman–Crippen LogP) is 1.28. The number of aromatic nitrogens is 1. The van der Waals surface area contributed by atoms with E-state index in [1.807, 2.05) is 0 Å². The van der Waals surface area contributed by atoms with Crippen molar-refractivity contribution < 1.29 is 14.2 Å². The predicted molar refractivity (Wildman–Crippen MR) is 75.3 cm³/mol. The van der Waals surface area contributed by atoms with E-state index < -0.39 is 0 Å². The third-order valence-electron chi connectivity index (χ3n) is 2.76. The van der Waals surface area contributed by atoms with E-state index in [1.165, 1.54) is 5.69 Å². The van der Waals surface area contributed by atoms with E-state index in [2.05, 4.69) is 35.1 Å². The molecule has 19 heavy (non-hydrogen) atoms. The first-order chi connectivity index (χ1) is 9.38.